The van der Waals surface area contributed by atoms with Gasteiger partial charge in [-0.15, -0.1) is 0 Å². The van der Waals surface area contributed by atoms with Crippen molar-refractivity contribution in [3.8, 4) is 122 Å². The summed E-state index contributed by atoms with van der Waals surface area (Å²) in [7, 11) is 0. The topological polar surface area (TPSA) is 13.0 Å². The van der Waals surface area contributed by atoms with Crippen molar-refractivity contribution in [1.29, 1.82) is 0 Å². The molecule has 0 amide bonds. The Morgan fingerprint density at radius 3 is 0.531 bits per heavy atom. The number of hydrogen-bond donors (Lipinski definition) is 0. The van der Waals surface area contributed by atoms with Gasteiger partial charge in [0.15, 0.2) is 0 Å². The molecule has 0 aliphatic heterocycles. The van der Waals surface area contributed by atoms with E-state index in [1.165, 1.54) is 117 Å². The maximum Gasteiger partial charge on any atom is 0.0465 e. The van der Waals surface area contributed by atoms with Gasteiger partial charge >= 0.3 is 0 Å². The molecule has 0 aromatic heterocycles. The van der Waals surface area contributed by atoms with E-state index in [0.29, 0.717) is 0 Å². The molecule has 22 rings (SSSR count). The first-order chi connectivity index (χ1) is 63.9. The molecule has 0 atom stereocenters. The van der Waals surface area contributed by atoms with Crippen molar-refractivity contribution in [3.05, 3.63) is 520 Å². The van der Waals surface area contributed by atoms with Gasteiger partial charge < -0.3 is 19.6 Å². The lowest BCUT2D eigenvalue weighted by molar-refractivity contribution is 0.660. The SMILES string of the molecule is CC1(C)c2ccccc2-c2ccc(N(c3ccc(-c4ccccc4)cc3)c3ccc(-c4ccc(N(c5ccc(-c6ccccc6)cc5)c5ccc6c(c5)C(C)(C)c5cc(-c7ccc(-c8ccc(-c9ccc(N(c%10ccccc%10)c%10ccc(-c%11ccc(N(c%12ccccc%12)c%12ccc(-c%13ccc(-c%14ccccc%14)cc%13)cc%12)cc%11)cc%10)cc9)cc8)cc7)ccc5-6)cc4)cc3)cc21. The number of rotatable bonds is 21. The van der Waals surface area contributed by atoms with Gasteiger partial charge in [0.1, 0.15) is 0 Å². The molecule has 0 unspecified atom stereocenters. The highest BCUT2D eigenvalue weighted by Crippen LogP contribution is 2.55. The average molecular weight is 1660 g/mol. The molecule has 0 saturated heterocycles. The summed E-state index contributed by atoms with van der Waals surface area (Å²) in [4.78, 5) is 9.49. The quantitative estimate of drug-likeness (QED) is 0.0711. The van der Waals surface area contributed by atoms with E-state index in [2.05, 4.69) is 545 Å². The zero-order valence-corrected chi connectivity index (χ0v) is 73.1. The van der Waals surface area contributed by atoms with Crippen LogP contribution in [0, 0.1) is 0 Å². The molecule has 4 heteroatoms. The summed E-state index contributed by atoms with van der Waals surface area (Å²) in [6.45, 7) is 9.51. The molecule has 2 aliphatic rings. The van der Waals surface area contributed by atoms with Gasteiger partial charge in [0.25, 0.3) is 0 Å². The van der Waals surface area contributed by atoms with E-state index < -0.39 is 0 Å². The van der Waals surface area contributed by atoms with Crippen LogP contribution in [0.5, 0.6) is 0 Å². The highest BCUT2D eigenvalue weighted by molar-refractivity contribution is 5.92. The molecule has 0 bridgehead atoms. The number of anilines is 12. The Hall–Kier alpha value is -16.4. The third-order valence-corrected chi connectivity index (χ3v) is 26.8. The summed E-state index contributed by atoms with van der Waals surface area (Å²) < 4.78 is 0. The van der Waals surface area contributed by atoms with Crippen molar-refractivity contribution in [3.63, 3.8) is 0 Å². The van der Waals surface area contributed by atoms with E-state index in [1.54, 1.807) is 0 Å². The Balaban J connectivity index is 0.487. The van der Waals surface area contributed by atoms with E-state index in [-0.39, 0.29) is 10.8 Å². The monoisotopic (exact) mass is 1660 g/mol. The second-order valence-electron chi connectivity index (χ2n) is 35.2. The maximum absolute atomic E-state index is 2.44. The van der Waals surface area contributed by atoms with Crippen LogP contribution in [-0.4, -0.2) is 0 Å². The Labute approximate surface area is 763 Å². The Morgan fingerprint density at radius 2 is 0.269 bits per heavy atom. The van der Waals surface area contributed by atoms with Crippen LogP contribution in [-0.2, 0) is 10.8 Å². The van der Waals surface area contributed by atoms with Gasteiger partial charge in [-0.3, -0.25) is 0 Å². The van der Waals surface area contributed by atoms with Gasteiger partial charge in [-0.05, 0) is 296 Å². The largest absolute Gasteiger partial charge is 0.311 e. The van der Waals surface area contributed by atoms with E-state index in [0.717, 1.165) is 96.1 Å². The smallest absolute Gasteiger partial charge is 0.0465 e. The molecule has 130 heavy (non-hydrogen) atoms. The van der Waals surface area contributed by atoms with Crippen LogP contribution in [0.4, 0.5) is 68.2 Å². The molecule has 0 N–H and O–H groups in total. The van der Waals surface area contributed by atoms with Crippen molar-refractivity contribution in [1.82, 2.24) is 0 Å². The fraction of sp³-hybridized carbons (Fsp3) is 0.0476. The lowest BCUT2D eigenvalue weighted by Gasteiger charge is -2.29. The van der Waals surface area contributed by atoms with Crippen molar-refractivity contribution < 1.29 is 0 Å². The Bertz CT molecular complexity index is 7430. The first-order valence-electron chi connectivity index (χ1n) is 45.1. The normalized spacial score (nSPS) is 12.4. The van der Waals surface area contributed by atoms with Crippen LogP contribution >= 0.6 is 0 Å². The molecule has 20 aromatic rings. The van der Waals surface area contributed by atoms with Crippen molar-refractivity contribution in [2.45, 2.75) is 38.5 Å². The number of fused-ring (bicyclic) bond motifs is 6. The summed E-state index contributed by atoms with van der Waals surface area (Å²) in [5, 5.41) is 0. The second kappa shape index (κ2) is 33.8. The van der Waals surface area contributed by atoms with Gasteiger partial charge in [-0.2, -0.15) is 0 Å². The summed E-state index contributed by atoms with van der Waals surface area (Å²) in [5.74, 6) is 0. The molecule has 0 saturated carbocycles. The van der Waals surface area contributed by atoms with Crippen LogP contribution < -0.4 is 19.6 Å². The first kappa shape index (κ1) is 79.5. The number of benzene rings is 20. The summed E-state index contributed by atoms with van der Waals surface area (Å²) in [6, 6.07) is 182. The zero-order chi connectivity index (χ0) is 87.2. The third-order valence-electron chi connectivity index (χ3n) is 26.8. The van der Waals surface area contributed by atoms with Crippen molar-refractivity contribution >= 4 is 68.2 Å². The minimum Gasteiger partial charge on any atom is -0.311 e. The number of para-hydroxylation sites is 2. The number of nitrogens with zero attached hydrogens (tertiary/aromatic N) is 4. The first-order valence-corrected chi connectivity index (χ1v) is 45.1. The minimum atomic E-state index is -0.283. The second-order valence-corrected chi connectivity index (χ2v) is 35.2. The van der Waals surface area contributed by atoms with Crippen molar-refractivity contribution in [2.75, 3.05) is 19.6 Å². The predicted molar refractivity (Wildman–Crippen MR) is 549 cm³/mol. The molecule has 0 spiro atoms. The molecule has 4 nitrogen and oxygen atoms in total. The number of hydrogen-bond acceptors (Lipinski definition) is 4. The molecule has 2 aliphatic carbocycles. The van der Waals surface area contributed by atoms with Crippen LogP contribution in [0.15, 0.2) is 497 Å². The fourth-order valence-corrected chi connectivity index (χ4v) is 19.7. The summed E-state index contributed by atoms with van der Waals surface area (Å²) >= 11 is 0. The minimum absolute atomic E-state index is 0.138. The molecule has 0 fully saturated rings. The lowest BCUT2D eigenvalue weighted by Crippen LogP contribution is -2.16. The van der Waals surface area contributed by atoms with Gasteiger partial charge in [-0.1, -0.05) is 373 Å². The standard InChI is InChI=1S/C126H94N4/c1-125(2)121-33-21-20-32-117(121)119-82-79-115(85-123(119)125)129(111-71-46-95(47-72-111)88-24-12-6-13-25-88)113-75-58-101(59-76-113)102-60-77-114(78-61-102)130(112-73-48-96(49-74-112)89-26-14-7-15-27-89)116-80-83-120-118-81-62-104(84-122(118)126(3,4)124(120)86-116)103-44-42-92(43-45-103)91-38-40-94(41-39-91)98-52-65-108(66-53-98)128(106-30-18-9-19-31-106)110-69-56-100(57-70-110)99-54-67-109(68-55-99)127(105-28-16-8-17-29-105)107-63-50-97(51-64-107)93-36-34-90(35-37-93)87-22-10-5-11-23-87/h5-86H,1-4H3. The fourth-order valence-electron chi connectivity index (χ4n) is 19.7. The Morgan fingerprint density at radius 1 is 0.115 bits per heavy atom. The molecular formula is C126H94N4. The van der Waals surface area contributed by atoms with E-state index in [4.69, 9.17) is 0 Å². The predicted octanol–water partition coefficient (Wildman–Crippen LogP) is 35.2. The van der Waals surface area contributed by atoms with Gasteiger partial charge in [0, 0.05) is 79.1 Å². The molecule has 20 aromatic carbocycles. The molecule has 0 heterocycles. The molecule has 0 radical (unpaired) electrons. The highest BCUT2D eigenvalue weighted by Gasteiger charge is 2.38. The Kier molecular flexibility index (Phi) is 20.7. The van der Waals surface area contributed by atoms with E-state index in [1.807, 2.05) is 0 Å². The average Bonchev–Trinajstić information content (AvgIpc) is 1.56. The van der Waals surface area contributed by atoms with Crippen molar-refractivity contribution in [2.24, 2.45) is 0 Å². The molecule has 618 valence electrons. The van der Waals surface area contributed by atoms with Gasteiger partial charge in [0.2, 0.25) is 0 Å². The zero-order valence-electron chi connectivity index (χ0n) is 73.1. The third kappa shape index (κ3) is 15.2. The highest BCUT2D eigenvalue weighted by atomic mass is 15.2. The van der Waals surface area contributed by atoms with E-state index in [9.17, 15) is 0 Å². The van der Waals surface area contributed by atoms with Crippen LogP contribution in [0.25, 0.3) is 122 Å². The summed E-state index contributed by atoms with van der Waals surface area (Å²) in [6.07, 6.45) is 0. The maximum atomic E-state index is 2.44. The molecular weight excluding hydrogens is 1570 g/mol. The van der Waals surface area contributed by atoms with Gasteiger partial charge in [-0.25, -0.2) is 0 Å². The lowest BCUT2D eigenvalue weighted by atomic mass is 9.81. The summed E-state index contributed by atoms with van der Waals surface area (Å²) in [5.41, 5.74) is 44.5. The van der Waals surface area contributed by atoms with Crippen LogP contribution in [0.2, 0.25) is 0 Å². The van der Waals surface area contributed by atoms with Crippen LogP contribution in [0.3, 0.4) is 0 Å². The van der Waals surface area contributed by atoms with Gasteiger partial charge in [0.05, 0.1) is 0 Å². The van der Waals surface area contributed by atoms with E-state index >= 15 is 0 Å². The van der Waals surface area contributed by atoms with Crippen LogP contribution in [0.1, 0.15) is 49.9 Å².